The first-order valence-electron chi connectivity index (χ1n) is 6.99. The molecule has 8 nitrogen and oxygen atoms in total. The Labute approximate surface area is 148 Å². The van der Waals surface area contributed by atoms with Gasteiger partial charge in [-0.1, -0.05) is 0 Å². The Morgan fingerprint density at radius 2 is 2.22 bits per heavy atom. The number of carbonyl (C=O) groups is 1. The number of nitrogens with one attached hydrogen (secondary N) is 1. The van der Waals surface area contributed by atoms with Crippen molar-refractivity contribution in [3.8, 4) is 0 Å². The van der Waals surface area contributed by atoms with Crippen LogP contribution < -0.4 is 10.2 Å². The number of nitro benzene ring substituents is 1. The van der Waals surface area contributed by atoms with Gasteiger partial charge >= 0.3 is 5.69 Å². The van der Waals surface area contributed by atoms with Gasteiger partial charge in [-0.2, -0.15) is 0 Å². The number of piperazine rings is 1. The number of anilines is 1. The molecule has 1 saturated heterocycles. The van der Waals surface area contributed by atoms with Crippen LogP contribution in [0.1, 0.15) is 6.92 Å². The molecule has 0 spiro atoms. The van der Waals surface area contributed by atoms with Gasteiger partial charge in [0.25, 0.3) is 0 Å². The van der Waals surface area contributed by atoms with Crippen molar-refractivity contribution in [3.63, 3.8) is 0 Å². The molecule has 0 saturated carbocycles. The fraction of sp³-hybridized carbons (Fsp3) is 0.385. The topological polar surface area (TPSA) is 93.3 Å². The van der Waals surface area contributed by atoms with Crippen LogP contribution in [0.3, 0.4) is 0 Å². The third-order valence-corrected chi connectivity index (χ3v) is 5.68. The molecule has 10 heteroatoms. The first-order valence-corrected chi connectivity index (χ1v) is 8.58. The van der Waals surface area contributed by atoms with E-state index in [0.717, 1.165) is 0 Å². The number of rotatable bonds is 3. The number of nitrogens with zero attached hydrogens (tertiary/aromatic N) is 4. The van der Waals surface area contributed by atoms with E-state index in [2.05, 4.69) is 42.2 Å². The minimum absolute atomic E-state index is 0.0953. The lowest BCUT2D eigenvalue weighted by atomic mass is 10.2. The molecule has 1 aromatic carbocycles. The van der Waals surface area contributed by atoms with E-state index in [1.54, 1.807) is 11.0 Å². The lowest BCUT2D eigenvalue weighted by Gasteiger charge is -2.26. The predicted octanol–water partition coefficient (Wildman–Crippen LogP) is 2.43. The second-order valence-corrected chi connectivity index (χ2v) is 6.67. The van der Waals surface area contributed by atoms with Gasteiger partial charge in [0, 0.05) is 24.1 Å². The number of aryl methyl sites for hydroxylation is 1. The molecule has 0 atom stereocenters. The second-order valence-electron chi connectivity index (χ2n) is 5.02. The fourth-order valence-electron chi connectivity index (χ4n) is 2.68. The molecular weight excluding hydrogens is 434 g/mol. The van der Waals surface area contributed by atoms with Gasteiger partial charge in [-0.25, -0.2) is 4.98 Å². The smallest absolute Gasteiger partial charge is 0.310 e. The van der Waals surface area contributed by atoms with E-state index >= 15 is 0 Å². The van der Waals surface area contributed by atoms with Gasteiger partial charge in [0.15, 0.2) is 5.52 Å². The standard InChI is InChI=1S/C13H13Br2N5O3/c1-2-18-8-5-7(14)10(15)12(20(22)23)11(8)17-13(18)19-4-3-16-6-9(19)21/h5,16H,2-4,6H2,1H3. The van der Waals surface area contributed by atoms with E-state index in [-0.39, 0.29) is 23.7 Å². The molecule has 122 valence electrons. The molecule has 1 aliphatic heterocycles. The Hall–Kier alpha value is -1.52. The van der Waals surface area contributed by atoms with E-state index in [4.69, 9.17) is 0 Å². The number of fused-ring (bicyclic) bond motifs is 1. The molecule has 1 fully saturated rings. The highest BCUT2D eigenvalue weighted by molar-refractivity contribution is 9.13. The van der Waals surface area contributed by atoms with Crippen molar-refractivity contribution in [1.82, 2.24) is 14.9 Å². The van der Waals surface area contributed by atoms with Gasteiger partial charge in [0.1, 0.15) is 4.47 Å². The summed E-state index contributed by atoms with van der Waals surface area (Å²) in [5, 5.41) is 14.5. The number of imidazole rings is 1. The highest BCUT2D eigenvalue weighted by Crippen LogP contribution is 2.40. The molecule has 23 heavy (non-hydrogen) atoms. The summed E-state index contributed by atoms with van der Waals surface area (Å²) in [6.07, 6.45) is 0. The molecule has 1 aliphatic rings. The van der Waals surface area contributed by atoms with Crippen molar-refractivity contribution in [2.75, 3.05) is 24.5 Å². The van der Waals surface area contributed by atoms with Crippen LogP contribution in [0.25, 0.3) is 11.0 Å². The molecule has 2 heterocycles. The zero-order valence-corrected chi connectivity index (χ0v) is 15.3. The number of aromatic nitrogens is 2. The molecule has 1 amide bonds. The average Bonchev–Trinajstić information content (AvgIpc) is 2.85. The van der Waals surface area contributed by atoms with E-state index in [9.17, 15) is 14.9 Å². The lowest BCUT2D eigenvalue weighted by Crippen LogP contribution is -2.49. The molecule has 0 aliphatic carbocycles. The van der Waals surface area contributed by atoms with Gasteiger partial charge in [0.05, 0.1) is 17.0 Å². The van der Waals surface area contributed by atoms with Gasteiger partial charge < -0.3 is 9.88 Å². The Balaban J connectivity index is 2.30. The molecular formula is C13H13Br2N5O3. The molecule has 0 unspecified atom stereocenters. The normalized spacial score (nSPS) is 15.4. The maximum atomic E-state index is 12.2. The SMILES string of the molecule is CCn1c(N2CCNCC2=O)nc2c([N+](=O)[O-])c(Br)c(Br)cc21. The van der Waals surface area contributed by atoms with Gasteiger partial charge in [-0.15, -0.1) is 0 Å². The van der Waals surface area contributed by atoms with E-state index < -0.39 is 4.92 Å². The number of benzene rings is 1. The van der Waals surface area contributed by atoms with Crippen LogP contribution in [0.15, 0.2) is 15.0 Å². The fourth-order valence-corrected chi connectivity index (χ4v) is 3.53. The zero-order valence-electron chi connectivity index (χ0n) is 12.2. The Kier molecular flexibility index (Phi) is 4.39. The summed E-state index contributed by atoms with van der Waals surface area (Å²) in [7, 11) is 0. The lowest BCUT2D eigenvalue weighted by molar-refractivity contribution is -0.384. The van der Waals surface area contributed by atoms with Crippen LogP contribution in [-0.4, -0.2) is 40.0 Å². The largest absolute Gasteiger partial charge is 0.312 e. The van der Waals surface area contributed by atoms with Crippen molar-refractivity contribution in [2.24, 2.45) is 0 Å². The third kappa shape index (κ3) is 2.64. The Bertz CT molecular complexity index is 820. The Morgan fingerprint density at radius 1 is 1.48 bits per heavy atom. The van der Waals surface area contributed by atoms with Crippen molar-refractivity contribution >= 4 is 60.4 Å². The van der Waals surface area contributed by atoms with Crippen LogP contribution in [0, 0.1) is 10.1 Å². The molecule has 0 bridgehead atoms. The van der Waals surface area contributed by atoms with Crippen LogP contribution in [0.4, 0.5) is 11.6 Å². The van der Waals surface area contributed by atoms with Crippen molar-refractivity contribution < 1.29 is 9.72 Å². The van der Waals surface area contributed by atoms with Crippen molar-refractivity contribution in [3.05, 3.63) is 25.1 Å². The summed E-state index contributed by atoms with van der Waals surface area (Å²) < 4.78 is 2.74. The molecule has 2 aromatic rings. The van der Waals surface area contributed by atoms with Crippen molar-refractivity contribution in [1.29, 1.82) is 0 Å². The number of nitro groups is 1. The summed E-state index contributed by atoms with van der Waals surface area (Å²) in [6, 6.07) is 1.78. The number of hydrogen-bond donors (Lipinski definition) is 1. The monoisotopic (exact) mass is 445 g/mol. The summed E-state index contributed by atoms with van der Waals surface area (Å²) >= 11 is 6.57. The van der Waals surface area contributed by atoms with Crippen LogP contribution >= 0.6 is 31.9 Å². The Morgan fingerprint density at radius 3 is 2.83 bits per heavy atom. The van der Waals surface area contributed by atoms with Crippen LogP contribution in [0.5, 0.6) is 0 Å². The summed E-state index contributed by atoms with van der Waals surface area (Å²) in [5.41, 5.74) is 0.786. The second kappa shape index (κ2) is 6.17. The first kappa shape index (κ1) is 16.3. The predicted molar refractivity (Wildman–Crippen MR) is 92.7 cm³/mol. The van der Waals surface area contributed by atoms with E-state index in [0.29, 0.717) is 40.0 Å². The van der Waals surface area contributed by atoms with Gasteiger partial charge in [-0.05, 0) is 44.8 Å². The zero-order chi connectivity index (χ0) is 16.7. The average molecular weight is 447 g/mol. The molecule has 3 rings (SSSR count). The number of carbonyl (C=O) groups excluding carboxylic acids is 1. The molecule has 1 aromatic heterocycles. The maximum absolute atomic E-state index is 12.2. The minimum atomic E-state index is -0.465. The number of hydrogen-bond acceptors (Lipinski definition) is 5. The number of halogens is 2. The molecule has 0 radical (unpaired) electrons. The highest BCUT2D eigenvalue weighted by Gasteiger charge is 2.29. The maximum Gasteiger partial charge on any atom is 0.312 e. The number of amides is 1. The van der Waals surface area contributed by atoms with Gasteiger partial charge in [-0.3, -0.25) is 19.8 Å². The van der Waals surface area contributed by atoms with Gasteiger partial charge in [0.2, 0.25) is 11.9 Å². The summed E-state index contributed by atoms with van der Waals surface area (Å²) in [5.74, 6) is 0.351. The van der Waals surface area contributed by atoms with E-state index in [1.165, 1.54) is 0 Å². The highest BCUT2D eigenvalue weighted by atomic mass is 79.9. The third-order valence-electron chi connectivity index (χ3n) is 3.72. The van der Waals surface area contributed by atoms with Crippen LogP contribution in [-0.2, 0) is 11.3 Å². The van der Waals surface area contributed by atoms with Crippen molar-refractivity contribution in [2.45, 2.75) is 13.5 Å². The quantitative estimate of drug-likeness (QED) is 0.577. The van der Waals surface area contributed by atoms with Crippen LogP contribution in [0.2, 0.25) is 0 Å². The summed E-state index contributed by atoms with van der Waals surface area (Å²) in [4.78, 5) is 29.1. The minimum Gasteiger partial charge on any atom is -0.310 e. The van der Waals surface area contributed by atoms with E-state index in [1.807, 2.05) is 11.5 Å². The first-order chi connectivity index (χ1) is 11.0. The summed E-state index contributed by atoms with van der Waals surface area (Å²) in [6.45, 7) is 3.85. The molecule has 1 N–H and O–H groups in total.